The molecule has 0 aliphatic carbocycles. The van der Waals surface area contributed by atoms with Gasteiger partial charge in [0.25, 0.3) is 0 Å². The molecule has 1 aromatic carbocycles. The van der Waals surface area contributed by atoms with Gasteiger partial charge in [-0.3, -0.25) is 10.1 Å². The van der Waals surface area contributed by atoms with E-state index in [0.717, 1.165) is 31.5 Å². The van der Waals surface area contributed by atoms with Crippen molar-refractivity contribution in [2.24, 2.45) is 0 Å². The van der Waals surface area contributed by atoms with Crippen LogP contribution in [-0.2, 0) is 4.79 Å². The van der Waals surface area contributed by atoms with E-state index < -0.39 is 11.3 Å². The number of hydrogen-bond acceptors (Lipinski definition) is 4. The Bertz CT molecular complexity index is 560. The predicted molar refractivity (Wildman–Crippen MR) is 97.4 cm³/mol. The van der Waals surface area contributed by atoms with Crippen molar-refractivity contribution in [1.82, 2.24) is 15.5 Å². The molecule has 23 heavy (non-hydrogen) atoms. The van der Waals surface area contributed by atoms with E-state index in [0.29, 0.717) is 10.9 Å². The lowest BCUT2D eigenvalue weighted by Crippen LogP contribution is -2.41. The summed E-state index contributed by atoms with van der Waals surface area (Å²) < 4.78 is 0.711. The van der Waals surface area contributed by atoms with Gasteiger partial charge in [0.15, 0.2) is 0 Å². The highest BCUT2D eigenvalue weighted by Gasteiger charge is 2.27. The Morgan fingerprint density at radius 1 is 1.26 bits per heavy atom. The molecule has 1 aromatic rings. The van der Waals surface area contributed by atoms with Crippen molar-refractivity contribution in [1.29, 1.82) is 0 Å². The standard InChI is InChI=1S/C16H21N3O2S2/c1-2-17-15(21)18-14(20)13(12-8-4-3-5-9-12)23-16(22)19-10-6-7-11-19/h3-5,8-9,13H,2,6-7,10-11H2,1H3,(H2,17,18,20,21)/t13-/m1/s1. The van der Waals surface area contributed by atoms with Crippen molar-refractivity contribution in [3.8, 4) is 0 Å². The van der Waals surface area contributed by atoms with Gasteiger partial charge < -0.3 is 10.2 Å². The molecular weight excluding hydrogens is 330 g/mol. The number of nitrogens with zero attached hydrogens (tertiary/aromatic N) is 1. The van der Waals surface area contributed by atoms with Gasteiger partial charge in [-0.2, -0.15) is 0 Å². The average molecular weight is 351 g/mol. The zero-order chi connectivity index (χ0) is 16.7. The van der Waals surface area contributed by atoms with Crippen molar-refractivity contribution < 1.29 is 9.59 Å². The highest BCUT2D eigenvalue weighted by atomic mass is 32.2. The number of carbonyl (C=O) groups is 2. The fourth-order valence-corrected chi connectivity index (χ4v) is 3.82. The van der Waals surface area contributed by atoms with Crippen molar-refractivity contribution in [2.75, 3.05) is 19.6 Å². The van der Waals surface area contributed by atoms with E-state index in [9.17, 15) is 9.59 Å². The Hall–Kier alpha value is -1.60. The number of carbonyl (C=O) groups excluding carboxylic acids is 2. The van der Waals surface area contributed by atoms with Gasteiger partial charge in [-0.15, -0.1) is 0 Å². The van der Waals surface area contributed by atoms with E-state index in [1.165, 1.54) is 11.8 Å². The third kappa shape index (κ3) is 5.21. The Kier molecular flexibility index (Phi) is 6.85. The number of amides is 3. The maximum absolute atomic E-state index is 12.5. The third-order valence-electron chi connectivity index (χ3n) is 3.50. The van der Waals surface area contributed by atoms with E-state index in [-0.39, 0.29) is 5.91 Å². The number of hydrogen-bond donors (Lipinski definition) is 2. The van der Waals surface area contributed by atoms with E-state index in [2.05, 4.69) is 15.5 Å². The molecule has 2 N–H and O–H groups in total. The first-order valence-corrected chi connectivity index (χ1v) is 8.99. The molecule has 5 nitrogen and oxygen atoms in total. The monoisotopic (exact) mass is 351 g/mol. The number of imide groups is 1. The molecule has 1 aliphatic rings. The fourth-order valence-electron chi connectivity index (χ4n) is 2.36. The van der Waals surface area contributed by atoms with E-state index in [1.807, 2.05) is 30.3 Å². The highest BCUT2D eigenvalue weighted by molar-refractivity contribution is 8.23. The average Bonchev–Trinajstić information content (AvgIpc) is 3.07. The lowest BCUT2D eigenvalue weighted by Gasteiger charge is -2.22. The largest absolute Gasteiger partial charge is 0.357 e. The summed E-state index contributed by atoms with van der Waals surface area (Å²) in [5, 5.41) is 4.42. The Morgan fingerprint density at radius 3 is 2.52 bits per heavy atom. The first-order valence-electron chi connectivity index (χ1n) is 7.71. The number of thioether (sulfide) groups is 1. The van der Waals surface area contributed by atoms with Crippen molar-refractivity contribution in [3.05, 3.63) is 35.9 Å². The van der Waals surface area contributed by atoms with Gasteiger partial charge in [-0.05, 0) is 25.3 Å². The van der Waals surface area contributed by atoms with Gasteiger partial charge in [-0.25, -0.2) is 4.79 Å². The SMILES string of the molecule is CCNC(=O)NC(=O)[C@H](SC(=S)N1CCCC1)c1ccccc1. The molecule has 124 valence electrons. The lowest BCUT2D eigenvalue weighted by atomic mass is 10.1. The summed E-state index contributed by atoms with van der Waals surface area (Å²) >= 11 is 6.81. The number of benzene rings is 1. The maximum Gasteiger partial charge on any atom is 0.321 e. The van der Waals surface area contributed by atoms with Crippen LogP contribution in [0.1, 0.15) is 30.6 Å². The molecule has 1 aliphatic heterocycles. The zero-order valence-electron chi connectivity index (χ0n) is 13.1. The molecule has 0 spiro atoms. The molecule has 7 heteroatoms. The molecule has 0 bridgehead atoms. The number of urea groups is 1. The van der Waals surface area contributed by atoms with Gasteiger partial charge in [0.05, 0.1) is 0 Å². The predicted octanol–water partition coefficient (Wildman–Crippen LogP) is 2.69. The van der Waals surface area contributed by atoms with Crippen LogP contribution in [0.25, 0.3) is 0 Å². The van der Waals surface area contributed by atoms with E-state index in [1.54, 1.807) is 6.92 Å². The second-order valence-electron chi connectivity index (χ2n) is 5.22. The van der Waals surface area contributed by atoms with Gasteiger partial charge >= 0.3 is 6.03 Å². The summed E-state index contributed by atoms with van der Waals surface area (Å²) in [6.07, 6.45) is 2.25. The molecule has 2 rings (SSSR count). The van der Waals surface area contributed by atoms with Crippen molar-refractivity contribution in [3.63, 3.8) is 0 Å². The summed E-state index contributed by atoms with van der Waals surface area (Å²) in [6.45, 7) is 4.14. The molecule has 1 fully saturated rings. The number of likely N-dealkylation sites (tertiary alicyclic amines) is 1. The molecular formula is C16H21N3O2S2. The van der Waals surface area contributed by atoms with Crippen molar-refractivity contribution >= 4 is 40.2 Å². The van der Waals surface area contributed by atoms with Gasteiger partial charge in [0.2, 0.25) is 5.91 Å². The maximum atomic E-state index is 12.5. The van der Waals surface area contributed by atoms with Gasteiger partial charge in [0.1, 0.15) is 9.57 Å². The minimum Gasteiger partial charge on any atom is -0.357 e. The molecule has 1 saturated heterocycles. The summed E-state index contributed by atoms with van der Waals surface area (Å²) in [7, 11) is 0. The highest BCUT2D eigenvalue weighted by Crippen LogP contribution is 2.32. The first-order chi connectivity index (χ1) is 11.1. The molecule has 0 saturated carbocycles. The summed E-state index contributed by atoms with van der Waals surface area (Å²) in [4.78, 5) is 26.3. The van der Waals surface area contributed by atoms with Crippen LogP contribution in [-0.4, -0.2) is 40.8 Å². The number of thiocarbonyl (C=S) groups is 1. The van der Waals surface area contributed by atoms with Crippen LogP contribution in [0.3, 0.4) is 0 Å². The summed E-state index contributed by atoms with van der Waals surface area (Å²) in [5.74, 6) is -0.353. The van der Waals surface area contributed by atoms with Gasteiger partial charge in [0, 0.05) is 19.6 Å². The van der Waals surface area contributed by atoms with Gasteiger partial charge in [-0.1, -0.05) is 54.3 Å². The lowest BCUT2D eigenvalue weighted by molar-refractivity contribution is -0.119. The molecule has 1 atom stereocenters. The van der Waals surface area contributed by atoms with Crippen molar-refractivity contribution in [2.45, 2.75) is 25.0 Å². The molecule has 3 amide bonds. The first kappa shape index (κ1) is 17.7. The minimum absolute atomic E-state index is 0.353. The number of rotatable bonds is 4. The summed E-state index contributed by atoms with van der Waals surface area (Å²) in [5.41, 5.74) is 0.834. The topological polar surface area (TPSA) is 61.4 Å². The minimum atomic E-state index is -0.535. The normalized spacial score (nSPS) is 15.1. The quantitative estimate of drug-likeness (QED) is 0.817. The van der Waals surface area contributed by atoms with Crippen LogP contribution < -0.4 is 10.6 Å². The van der Waals surface area contributed by atoms with E-state index in [4.69, 9.17) is 12.2 Å². The summed E-state index contributed by atoms with van der Waals surface area (Å²) in [6, 6.07) is 8.92. The Labute approximate surface area is 146 Å². The second kappa shape index (κ2) is 8.88. The Morgan fingerprint density at radius 2 is 1.91 bits per heavy atom. The van der Waals surface area contributed by atoms with Crippen LogP contribution in [0.5, 0.6) is 0 Å². The van der Waals surface area contributed by atoms with Crippen LogP contribution >= 0.6 is 24.0 Å². The van der Waals surface area contributed by atoms with Crippen LogP contribution in [0, 0.1) is 0 Å². The van der Waals surface area contributed by atoms with Crippen LogP contribution in [0.15, 0.2) is 30.3 Å². The molecule has 1 heterocycles. The fraction of sp³-hybridized carbons (Fsp3) is 0.438. The second-order valence-corrected chi connectivity index (χ2v) is 6.96. The smallest absolute Gasteiger partial charge is 0.321 e. The number of nitrogens with one attached hydrogen (secondary N) is 2. The zero-order valence-corrected chi connectivity index (χ0v) is 14.7. The van der Waals surface area contributed by atoms with Crippen LogP contribution in [0.2, 0.25) is 0 Å². The Balaban J connectivity index is 2.10. The molecule has 0 unspecified atom stereocenters. The van der Waals surface area contributed by atoms with Crippen LogP contribution in [0.4, 0.5) is 4.79 Å². The third-order valence-corrected chi connectivity index (χ3v) is 5.23. The molecule has 0 radical (unpaired) electrons. The van der Waals surface area contributed by atoms with E-state index >= 15 is 0 Å². The molecule has 0 aromatic heterocycles.